The van der Waals surface area contributed by atoms with E-state index in [0.717, 1.165) is 5.69 Å². The number of aromatic nitrogens is 5. The van der Waals surface area contributed by atoms with Gasteiger partial charge in [0.25, 0.3) is 0 Å². The van der Waals surface area contributed by atoms with Gasteiger partial charge >= 0.3 is 5.91 Å². The maximum atomic E-state index is 11.8. The van der Waals surface area contributed by atoms with Gasteiger partial charge in [-0.25, -0.2) is 9.50 Å². The molecule has 0 fully saturated rings. The van der Waals surface area contributed by atoms with Crippen LogP contribution in [0.25, 0.3) is 16.9 Å². The summed E-state index contributed by atoms with van der Waals surface area (Å²) in [7, 11) is 0. The Kier molecular flexibility index (Phi) is 2.82. The summed E-state index contributed by atoms with van der Waals surface area (Å²) in [6.45, 7) is 1.95. The van der Waals surface area contributed by atoms with Crippen molar-refractivity contribution in [1.29, 1.82) is 0 Å². The number of H-pyrrole nitrogens is 1. The quantitative estimate of drug-likeness (QED) is 0.727. The van der Waals surface area contributed by atoms with Gasteiger partial charge in [-0.15, -0.1) is 4.91 Å². The van der Waals surface area contributed by atoms with Gasteiger partial charge in [-0.1, -0.05) is 6.92 Å². The highest BCUT2D eigenvalue weighted by Gasteiger charge is 2.23. The van der Waals surface area contributed by atoms with Crippen molar-refractivity contribution in [2.24, 2.45) is 5.18 Å². The number of hydrogen-bond acceptors (Lipinski definition) is 5. The van der Waals surface area contributed by atoms with Crippen molar-refractivity contribution >= 4 is 11.6 Å². The van der Waals surface area contributed by atoms with E-state index in [1.54, 1.807) is 12.4 Å². The summed E-state index contributed by atoms with van der Waals surface area (Å²) in [5.74, 6) is -0.892. The number of nitrogens with one attached hydrogen (secondary N) is 1. The van der Waals surface area contributed by atoms with Crippen LogP contribution in [0.4, 0.5) is 0 Å². The fraction of sp³-hybridized carbons (Fsp3) is 0.167. The maximum Gasteiger partial charge on any atom is 0.322 e. The molecular weight excluding hydrogens is 260 g/mol. The lowest BCUT2D eigenvalue weighted by Gasteiger charge is -1.97. The molecule has 1 N–H and O–H groups in total. The van der Waals surface area contributed by atoms with Crippen LogP contribution in [0.3, 0.4) is 0 Å². The predicted molar refractivity (Wildman–Crippen MR) is 70.1 cm³/mol. The molecule has 3 aromatic rings. The van der Waals surface area contributed by atoms with Crippen LogP contribution >= 0.6 is 0 Å². The van der Waals surface area contributed by atoms with Crippen molar-refractivity contribution in [2.45, 2.75) is 13.3 Å². The maximum absolute atomic E-state index is 11.8. The highest BCUT2D eigenvalue weighted by Crippen LogP contribution is 2.25. The third-order valence-corrected chi connectivity index (χ3v) is 2.97. The molecule has 0 radical (unpaired) electrons. The van der Waals surface area contributed by atoms with E-state index in [9.17, 15) is 9.70 Å². The van der Waals surface area contributed by atoms with Gasteiger partial charge in [-0.3, -0.25) is 9.89 Å². The van der Waals surface area contributed by atoms with Crippen LogP contribution in [0.5, 0.6) is 0 Å². The third-order valence-electron chi connectivity index (χ3n) is 2.97. The van der Waals surface area contributed by atoms with E-state index in [1.807, 2.05) is 13.0 Å². The Morgan fingerprint density at radius 2 is 2.35 bits per heavy atom. The highest BCUT2D eigenvalue weighted by atomic mass is 16.3. The average Bonchev–Trinajstić information content (AvgIpc) is 3.12. The molecule has 0 aliphatic carbocycles. The average molecular weight is 270 g/mol. The molecule has 0 aromatic carbocycles. The van der Waals surface area contributed by atoms with Crippen LogP contribution in [0.2, 0.25) is 0 Å². The summed E-state index contributed by atoms with van der Waals surface area (Å²) < 4.78 is 1.46. The summed E-state index contributed by atoms with van der Waals surface area (Å²) in [5.41, 5.74) is 2.16. The van der Waals surface area contributed by atoms with E-state index in [-0.39, 0.29) is 5.56 Å². The third kappa shape index (κ3) is 1.78. The monoisotopic (exact) mass is 270 g/mol. The van der Waals surface area contributed by atoms with Gasteiger partial charge in [-0.05, 0) is 12.5 Å². The largest absolute Gasteiger partial charge is 0.322 e. The Hall–Kier alpha value is -2.90. The normalized spacial score (nSPS) is 10.8. The minimum atomic E-state index is -0.892. The number of nitroso groups, excluding NO2 is 1. The Morgan fingerprint density at radius 1 is 1.50 bits per heavy atom. The standard InChI is InChI=1S/C12H10N6O2/c1-2-8-3-4-18-11(15-8)9(12(19)17-20)10(16-18)7-5-13-14-6-7/h3-6H,2H2,1H3,(H,13,14). The molecule has 3 rings (SSSR count). The molecule has 0 atom stereocenters. The van der Waals surface area contributed by atoms with E-state index >= 15 is 0 Å². The molecule has 0 bridgehead atoms. The van der Waals surface area contributed by atoms with Crippen molar-refractivity contribution < 1.29 is 4.79 Å². The molecule has 20 heavy (non-hydrogen) atoms. The first kappa shape index (κ1) is 12.2. The molecule has 8 nitrogen and oxygen atoms in total. The molecular formula is C12H10N6O2. The van der Waals surface area contributed by atoms with E-state index in [4.69, 9.17) is 0 Å². The smallest absolute Gasteiger partial charge is 0.285 e. The number of aryl methyl sites for hydroxylation is 1. The number of aromatic amines is 1. The number of hydrogen-bond donors (Lipinski definition) is 1. The van der Waals surface area contributed by atoms with Crippen molar-refractivity contribution in [3.63, 3.8) is 0 Å². The van der Waals surface area contributed by atoms with E-state index < -0.39 is 5.91 Å². The molecule has 3 aromatic heterocycles. The van der Waals surface area contributed by atoms with E-state index in [2.05, 4.69) is 25.5 Å². The van der Waals surface area contributed by atoms with Gasteiger partial charge in [0.15, 0.2) is 5.65 Å². The molecule has 0 saturated carbocycles. The van der Waals surface area contributed by atoms with Crippen molar-refractivity contribution in [1.82, 2.24) is 24.8 Å². The first-order valence-corrected chi connectivity index (χ1v) is 5.99. The van der Waals surface area contributed by atoms with Gasteiger partial charge in [-0.2, -0.15) is 10.2 Å². The van der Waals surface area contributed by atoms with Crippen molar-refractivity contribution in [3.8, 4) is 11.3 Å². The van der Waals surface area contributed by atoms with Crippen LogP contribution in [0.15, 0.2) is 29.8 Å². The van der Waals surface area contributed by atoms with Crippen LogP contribution in [-0.4, -0.2) is 30.7 Å². The van der Waals surface area contributed by atoms with E-state index in [0.29, 0.717) is 23.3 Å². The summed E-state index contributed by atoms with van der Waals surface area (Å²) in [5, 5.41) is 13.2. The second-order valence-corrected chi connectivity index (χ2v) is 4.15. The number of rotatable bonds is 3. The van der Waals surface area contributed by atoms with Gasteiger partial charge in [0, 0.05) is 28.8 Å². The minimum absolute atomic E-state index is 0.0942. The molecule has 0 spiro atoms. The summed E-state index contributed by atoms with van der Waals surface area (Å²) in [4.78, 5) is 26.8. The molecule has 3 heterocycles. The fourth-order valence-electron chi connectivity index (χ4n) is 1.99. The summed E-state index contributed by atoms with van der Waals surface area (Å²) in [6, 6.07) is 1.81. The lowest BCUT2D eigenvalue weighted by atomic mass is 10.1. The second kappa shape index (κ2) is 4.65. The Bertz CT molecular complexity index is 790. The Balaban J connectivity index is 2.34. The molecule has 0 aliphatic rings. The molecule has 0 aliphatic heterocycles. The van der Waals surface area contributed by atoms with Crippen LogP contribution in [0, 0.1) is 4.91 Å². The zero-order valence-electron chi connectivity index (χ0n) is 10.6. The second-order valence-electron chi connectivity index (χ2n) is 4.15. The summed E-state index contributed by atoms with van der Waals surface area (Å²) >= 11 is 0. The number of amides is 1. The minimum Gasteiger partial charge on any atom is -0.285 e. The lowest BCUT2D eigenvalue weighted by molar-refractivity contribution is 0.100. The molecule has 8 heteroatoms. The summed E-state index contributed by atoms with van der Waals surface area (Å²) in [6.07, 6.45) is 5.52. The first-order chi connectivity index (χ1) is 9.74. The van der Waals surface area contributed by atoms with Crippen LogP contribution in [0.1, 0.15) is 23.0 Å². The molecule has 1 amide bonds. The Morgan fingerprint density at radius 3 is 3.00 bits per heavy atom. The molecule has 0 saturated heterocycles. The fourth-order valence-corrected chi connectivity index (χ4v) is 1.99. The molecule has 100 valence electrons. The zero-order valence-corrected chi connectivity index (χ0v) is 10.6. The van der Waals surface area contributed by atoms with Gasteiger partial charge in [0.1, 0.15) is 11.3 Å². The highest BCUT2D eigenvalue weighted by molar-refractivity contribution is 6.05. The first-order valence-electron chi connectivity index (χ1n) is 5.99. The molecule has 0 unspecified atom stereocenters. The van der Waals surface area contributed by atoms with Crippen LogP contribution < -0.4 is 0 Å². The van der Waals surface area contributed by atoms with Crippen molar-refractivity contribution in [3.05, 3.63) is 40.8 Å². The zero-order chi connectivity index (χ0) is 14.1. The predicted octanol–water partition coefficient (Wildman–Crippen LogP) is 1.59. The number of carbonyl (C=O) groups is 1. The van der Waals surface area contributed by atoms with Gasteiger partial charge in [0.05, 0.1) is 6.20 Å². The van der Waals surface area contributed by atoms with Gasteiger partial charge < -0.3 is 0 Å². The SMILES string of the molecule is CCc1ccn2nc(-c3cn[nH]c3)c(C(=O)N=O)c2n1. The van der Waals surface area contributed by atoms with Crippen LogP contribution in [-0.2, 0) is 6.42 Å². The topological polar surface area (TPSA) is 105 Å². The number of carbonyl (C=O) groups excluding carboxylic acids is 1. The Labute approximate surface area is 112 Å². The van der Waals surface area contributed by atoms with Crippen molar-refractivity contribution in [2.75, 3.05) is 0 Å². The number of nitrogens with zero attached hydrogens (tertiary/aromatic N) is 5. The van der Waals surface area contributed by atoms with Gasteiger partial charge in [0.2, 0.25) is 0 Å². The van der Waals surface area contributed by atoms with E-state index in [1.165, 1.54) is 10.7 Å². The lowest BCUT2D eigenvalue weighted by Crippen LogP contribution is -1.99. The number of fused-ring (bicyclic) bond motifs is 1.